The number of halogens is 1. The van der Waals surface area contributed by atoms with Crippen LogP contribution in [0, 0.1) is 5.82 Å². The van der Waals surface area contributed by atoms with Crippen LogP contribution in [0.3, 0.4) is 0 Å². The number of hydrogen-bond donors (Lipinski definition) is 0. The molecule has 0 radical (unpaired) electrons. The van der Waals surface area contributed by atoms with Gasteiger partial charge < -0.3 is 9.80 Å². The van der Waals surface area contributed by atoms with Gasteiger partial charge in [-0.05, 0) is 37.1 Å². The van der Waals surface area contributed by atoms with E-state index in [1.165, 1.54) is 12.1 Å². The van der Waals surface area contributed by atoms with Crippen molar-refractivity contribution >= 4 is 11.6 Å². The lowest BCUT2D eigenvalue weighted by atomic mass is 9.96. The standard InChI is InChI=1S/C19H27FN4O/c1-21-8-2-3-18(19(21)25)24-13-17(14-24)23-11-9-22(10-12-23)16-6-4-15(20)5-7-16/h4-7,17-18H,2-3,8-14H2,1H3. The first-order valence-electron chi connectivity index (χ1n) is 9.35. The molecule has 3 aliphatic heterocycles. The molecule has 1 amide bonds. The van der Waals surface area contributed by atoms with Gasteiger partial charge in [0, 0.05) is 64.6 Å². The Hall–Kier alpha value is -1.66. The molecule has 0 bridgehead atoms. The Morgan fingerprint density at radius 3 is 2.32 bits per heavy atom. The highest BCUT2D eigenvalue weighted by atomic mass is 19.1. The molecule has 1 aromatic carbocycles. The van der Waals surface area contributed by atoms with Crippen LogP contribution in [0.25, 0.3) is 0 Å². The topological polar surface area (TPSA) is 30.0 Å². The van der Waals surface area contributed by atoms with E-state index >= 15 is 0 Å². The smallest absolute Gasteiger partial charge is 0.239 e. The third kappa shape index (κ3) is 3.37. The van der Waals surface area contributed by atoms with Crippen LogP contribution in [0.1, 0.15) is 12.8 Å². The second kappa shape index (κ2) is 6.92. The Morgan fingerprint density at radius 1 is 0.960 bits per heavy atom. The van der Waals surface area contributed by atoms with Gasteiger partial charge in [-0.15, -0.1) is 0 Å². The molecule has 0 spiro atoms. The van der Waals surface area contributed by atoms with Crippen LogP contribution in [0.15, 0.2) is 24.3 Å². The first-order valence-corrected chi connectivity index (χ1v) is 9.35. The summed E-state index contributed by atoms with van der Waals surface area (Å²) in [6.07, 6.45) is 2.12. The van der Waals surface area contributed by atoms with Gasteiger partial charge >= 0.3 is 0 Å². The molecule has 0 aromatic heterocycles. The summed E-state index contributed by atoms with van der Waals surface area (Å²) in [7, 11) is 1.92. The molecule has 1 aromatic rings. The number of likely N-dealkylation sites (tertiary alicyclic amines) is 2. The van der Waals surface area contributed by atoms with E-state index in [1.54, 1.807) is 0 Å². The normalized spacial score (nSPS) is 26.8. The van der Waals surface area contributed by atoms with Crippen LogP contribution < -0.4 is 4.90 Å². The monoisotopic (exact) mass is 346 g/mol. The number of piperazine rings is 1. The Balaban J connectivity index is 1.26. The summed E-state index contributed by atoms with van der Waals surface area (Å²) in [5, 5.41) is 0. The van der Waals surface area contributed by atoms with Crippen molar-refractivity contribution in [1.82, 2.24) is 14.7 Å². The number of nitrogens with zero attached hydrogens (tertiary/aromatic N) is 4. The fraction of sp³-hybridized carbons (Fsp3) is 0.632. The van der Waals surface area contributed by atoms with Crippen molar-refractivity contribution < 1.29 is 9.18 Å². The quantitative estimate of drug-likeness (QED) is 0.824. The lowest BCUT2D eigenvalue weighted by Crippen LogP contribution is -2.67. The lowest BCUT2D eigenvalue weighted by Gasteiger charge is -2.51. The second-order valence-electron chi connectivity index (χ2n) is 7.52. The zero-order valence-corrected chi connectivity index (χ0v) is 14.9. The van der Waals surface area contributed by atoms with Gasteiger partial charge in [-0.2, -0.15) is 0 Å². The summed E-state index contributed by atoms with van der Waals surface area (Å²) >= 11 is 0. The van der Waals surface area contributed by atoms with E-state index in [4.69, 9.17) is 0 Å². The summed E-state index contributed by atoms with van der Waals surface area (Å²) in [5.74, 6) is 0.116. The highest BCUT2D eigenvalue weighted by Crippen LogP contribution is 2.25. The lowest BCUT2D eigenvalue weighted by molar-refractivity contribution is -0.142. The van der Waals surface area contributed by atoms with Crippen LogP contribution in [-0.2, 0) is 4.79 Å². The molecule has 25 heavy (non-hydrogen) atoms. The molecule has 5 nitrogen and oxygen atoms in total. The fourth-order valence-corrected chi connectivity index (χ4v) is 4.32. The average Bonchev–Trinajstić information content (AvgIpc) is 2.59. The summed E-state index contributed by atoms with van der Waals surface area (Å²) in [6, 6.07) is 7.47. The maximum Gasteiger partial charge on any atom is 0.239 e. The maximum absolute atomic E-state index is 13.1. The Morgan fingerprint density at radius 2 is 1.64 bits per heavy atom. The zero-order valence-electron chi connectivity index (χ0n) is 14.9. The van der Waals surface area contributed by atoms with E-state index in [-0.39, 0.29) is 11.9 Å². The van der Waals surface area contributed by atoms with Gasteiger partial charge in [0.15, 0.2) is 0 Å². The molecule has 0 N–H and O–H groups in total. The van der Waals surface area contributed by atoms with Gasteiger partial charge in [0.1, 0.15) is 5.82 Å². The van der Waals surface area contributed by atoms with E-state index in [1.807, 2.05) is 24.1 Å². The van der Waals surface area contributed by atoms with Crippen molar-refractivity contribution in [2.75, 3.05) is 57.8 Å². The predicted molar refractivity (Wildman–Crippen MR) is 96.2 cm³/mol. The molecule has 1 atom stereocenters. The van der Waals surface area contributed by atoms with Crippen LogP contribution in [0.5, 0.6) is 0 Å². The maximum atomic E-state index is 13.1. The zero-order chi connectivity index (χ0) is 17.4. The van der Waals surface area contributed by atoms with Gasteiger partial charge in [-0.3, -0.25) is 14.6 Å². The summed E-state index contributed by atoms with van der Waals surface area (Å²) in [4.78, 5) is 21.4. The van der Waals surface area contributed by atoms with Gasteiger partial charge in [0.2, 0.25) is 5.91 Å². The molecule has 1 unspecified atom stereocenters. The average molecular weight is 346 g/mol. The van der Waals surface area contributed by atoms with Gasteiger partial charge in [0.25, 0.3) is 0 Å². The number of anilines is 1. The first kappa shape index (κ1) is 16.8. The van der Waals surface area contributed by atoms with Crippen molar-refractivity contribution in [2.24, 2.45) is 0 Å². The second-order valence-corrected chi connectivity index (χ2v) is 7.52. The SMILES string of the molecule is CN1CCCC(N2CC(N3CCN(c4ccc(F)cc4)CC3)C2)C1=O. The summed E-state index contributed by atoms with van der Waals surface area (Å²) in [6.45, 7) is 6.96. The Bertz CT molecular complexity index is 608. The number of piperidine rings is 1. The molecule has 4 rings (SSSR count). The van der Waals surface area contributed by atoms with Crippen molar-refractivity contribution in [3.05, 3.63) is 30.1 Å². The molecule has 136 valence electrons. The van der Waals surface area contributed by atoms with Crippen molar-refractivity contribution in [1.29, 1.82) is 0 Å². The minimum atomic E-state index is -0.181. The molecule has 3 fully saturated rings. The van der Waals surface area contributed by atoms with Crippen LogP contribution in [0.4, 0.5) is 10.1 Å². The molecule has 6 heteroatoms. The van der Waals surface area contributed by atoms with E-state index in [2.05, 4.69) is 14.7 Å². The molecular formula is C19H27FN4O. The summed E-state index contributed by atoms with van der Waals surface area (Å²) in [5.41, 5.74) is 1.10. The highest BCUT2D eigenvalue weighted by Gasteiger charge is 2.41. The van der Waals surface area contributed by atoms with Crippen LogP contribution in [-0.4, -0.2) is 85.6 Å². The van der Waals surface area contributed by atoms with E-state index < -0.39 is 0 Å². The Labute approximate surface area is 149 Å². The number of carbonyl (C=O) groups is 1. The minimum Gasteiger partial charge on any atom is -0.369 e. The summed E-state index contributed by atoms with van der Waals surface area (Å²) < 4.78 is 13.1. The van der Waals surface area contributed by atoms with E-state index in [0.717, 1.165) is 64.3 Å². The van der Waals surface area contributed by atoms with Gasteiger partial charge in [-0.1, -0.05) is 0 Å². The number of likely N-dealkylation sites (N-methyl/N-ethyl adjacent to an activating group) is 1. The number of hydrogen-bond acceptors (Lipinski definition) is 4. The predicted octanol–water partition coefficient (Wildman–Crippen LogP) is 1.25. The molecule has 3 saturated heterocycles. The number of rotatable bonds is 3. The van der Waals surface area contributed by atoms with Crippen molar-refractivity contribution in [3.63, 3.8) is 0 Å². The van der Waals surface area contributed by atoms with E-state index in [9.17, 15) is 9.18 Å². The number of amides is 1. The fourth-order valence-electron chi connectivity index (χ4n) is 4.32. The highest BCUT2D eigenvalue weighted by molar-refractivity contribution is 5.82. The number of carbonyl (C=O) groups excluding carboxylic acids is 1. The van der Waals surface area contributed by atoms with Gasteiger partial charge in [0.05, 0.1) is 6.04 Å². The molecule has 3 heterocycles. The Kier molecular flexibility index (Phi) is 4.65. The molecule has 0 saturated carbocycles. The first-order chi connectivity index (χ1) is 12.1. The van der Waals surface area contributed by atoms with Crippen LogP contribution >= 0.6 is 0 Å². The minimum absolute atomic E-state index is 0.107. The molecular weight excluding hydrogens is 319 g/mol. The largest absolute Gasteiger partial charge is 0.369 e. The van der Waals surface area contributed by atoms with Gasteiger partial charge in [-0.25, -0.2) is 4.39 Å². The van der Waals surface area contributed by atoms with Crippen molar-refractivity contribution in [2.45, 2.75) is 24.9 Å². The van der Waals surface area contributed by atoms with E-state index in [0.29, 0.717) is 11.9 Å². The third-order valence-corrected chi connectivity index (χ3v) is 5.99. The van der Waals surface area contributed by atoms with Crippen molar-refractivity contribution in [3.8, 4) is 0 Å². The molecule has 0 aliphatic carbocycles. The van der Waals surface area contributed by atoms with Crippen LogP contribution in [0.2, 0.25) is 0 Å². The molecule has 3 aliphatic rings. The third-order valence-electron chi connectivity index (χ3n) is 5.99. The number of benzene rings is 1.